The first-order chi connectivity index (χ1) is 14.7. The van der Waals surface area contributed by atoms with Gasteiger partial charge in [0, 0.05) is 11.1 Å². The van der Waals surface area contributed by atoms with Crippen LogP contribution in [0.15, 0.2) is 35.2 Å². The monoisotopic (exact) mass is 400 g/mol. The Labute approximate surface area is 172 Å². The van der Waals surface area contributed by atoms with Crippen LogP contribution in [0.3, 0.4) is 0 Å². The number of aromatic amines is 1. The average Bonchev–Trinajstić information content (AvgIpc) is 3.43. The summed E-state index contributed by atoms with van der Waals surface area (Å²) in [6.07, 6.45) is 5.95. The Kier molecular flexibility index (Phi) is 4.36. The number of methoxy groups -OCH3 is 1. The molecule has 0 saturated carbocycles. The normalized spacial score (nSPS) is 15.6. The molecular formula is C22H20N6O2. The molecule has 1 aromatic carbocycles. The fraction of sp³-hybridized carbons (Fsp3) is 0.273. The maximum absolute atomic E-state index is 9.51. The molecule has 5 rings (SSSR count). The van der Waals surface area contributed by atoms with Crippen LogP contribution in [0.2, 0.25) is 0 Å². The number of aromatic nitrogens is 4. The van der Waals surface area contributed by atoms with E-state index in [2.05, 4.69) is 32.6 Å². The zero-order valence-electron chi connectivity index (χ0n) is 16.7. The molecule has 0 saturated heterocycles. The molecule has 2 N–H and O–H groups in total. The van der Waals surface area contributed by atoms with Crippen molar-refractivity contribution >= 4 is 16.6 Å². The Hall–Kier alpha value is -3.86. The minimum absolute atomic E-state index is 0.0344. The maximum atomic E-state index is 9.51. The van der Waals surface area contributed by atoms with Crippen molar-refractivity contribution in [1.82, 2.24) is 20.2 Å². The molecule has 8 nitrogen and oxygen atoms in total. The molecule has 150 valence electrons. The molecule has 0 bridgehead atoms. The van der Waals surface area contributed by atoms with E-state index >= 15 is 0 Å². The van der Waals surface area contributed by atoms with E-state index in [1.807, 2.05) is 19.1 Å². The van der Waals surface area contributed by atoms with E-state index in [4.69, 9.17) is 14.1 Å². The number of H-pyrrole nitrogens is 1. The minimum Gasteiger partial charge on any atom is -0.480 e. The van der Waals surface area contributed by atoms with E-state index < -0.39 is 0 Å². The molecule has 1 aliphatic carbocycles. The number of hydrogen-bond donors (Lipinski definition) is 2. The Morgan fingerprint density at radius 3 is 3.03 bits per heavy atom. The molecule has 0 fully saturated rings. The number of ether oxygens (including phenoxy) is 1. The smallest absolute Gasteiger partial charge is 0.231 e. The summed E-state index contributed by atoms with van der Waals surface area (Å²) in [5.74, 6) is 1.01. The van der Waals surface area contributed by atoms with E-state index in [9.17, 15) is 5.26 Å². The molecular weight excluding hydrogens is 380 g/mol. The van der Waals surface area contributed by atoms with Crippen LogP contribution in [0.4, 0.5) is 5.69 Å². The zero-order valence-corrected chi connectivity index (χ0v) is 16.7. The molecule has 8 heteroatoms. The second-order valence-corrected chi connectivity index (χ2v) is 7.38. The van der Waals surface area contributed by atoms with Crippen LogP contribution >= 0.6 is 0 Å². The number of oxazole rings is 1. The summed E-state index contributed by atoms with van der Waals surface area (Å²) >= 11 is 0. The van der Waals surface area contributed by atoms with Crippen molar-refractivity contribution in [1.29, 1.82) is 5.26 Å². The summed E-state index contributed by atoms with van der Waals surface area (Å²) in [7, 11) is 1.55. The first-order valence-electron chi connectivity index (χ1n) is 9.80. The van der Waals surface area contributed by atoms with Crippen LogP contribution in [0, 0.1) is 18.3 Å². The number of benzene rings is 1. The van der Waals surface area contributed by atoms with Crippen LogP contribution in [0.1, 0.15) is 41.3 Å². The van der Waals surface area contributed by atoms with Gasteiger partial charge in [0.25, 0.3) is 0 Å². The number of rotatable bonds is 4. The van der Waals surface area contributed by atoms with Crippen molar-refractivity contribution in [2.75, 3.05) is 12.4 Å². The highest BCUT2D eigenvalue weighted by Crippen LogP contribution is 2.37. The van der Waals surface area contributed by atoms with Gasteiger partial charge in [0.15, 0.2) is 12.2 Å². The summed E-state index contributed by atoms with van der Waals surface area (Å²) in [5.41, 5.74) is 6.19. The van der Waals surface area contributed by atoms with Gasteiger partial charge < -0.3 is 14.5 Å². The van der Waals surface area contributed by atoms with E-state index in [0.29, 0.717) is 17.2 Å². The lowest BCUT2D eigenvalue weighted by Gasteiger charge is -2.28. The molecule has 0 amide bonds. The van der Waals surface area contributed by atoms with Gasteiger partial charge in [0.2, 0.25) is 5.88 Å². The fourth-order valence-corrected chi connectivity index (χ4v) is 4.21. The van der Waals surface area contributed by atoms with E-state index in [0.717, 1.165) is 58.4 Å². The average molecular weight is 400 g/mol. The van der Waals surface area contributed by atoms with Crippen LogP contribution < -0.4 is 10.1 Å². The predicted octanol–water partition coefficient (Wildman–Crippen LogP) is 4.29. The molecule has 3 heterocycles. The van der Waals surface area contributed by atoms with Gasteiger partial charge >= 0.3 is 0 Å². The third kappa shape index (κ3) is 2.87. The topological polar surface area (TPSA) is 113 Å². The second kappa shape index (κ2) is 7.19. The highest BCUT2D eigenvalue weighted by Gasteiger charge is 2.27. The van der Waals surface area contributed by atoms with Crippen molar-refractivity contribution in [2.24, 2.45) is 0 Å². The van der Waals surface area contributed by atoms with Crippen molar-refractivity contribution in [2.45, 2.75) is 32.2 Å². The van der Waals surface area contributed by atoms with E-state index in [1.54, 1.807) is 13.3 Å². The summed E-state index contributed by atoms with van der Waals surface area (Å²) in [6, 6.07) is 8.34. The van der Waals surface area contributed by atoms with Crippen molar-refractivity contribution < 1.29 is 9.15 Å². The fourth-order valence-electron chi connectivity index (χ4n) is 4.21. The second-order valence-electron chi connectivity index (χ2n) is 7.38. The number of nitrogens with one attached hydrogen (secondary N) is 2. The molecule has 0 radical (unpaired) electrons. The standard InChI is InChI=1S/C22H20N6O2/c1-12-14-4-3-5-18(20(14)26-22(29-2)16(12)9-23)25-13-6-7-17-15(8-13)21(28-27-17)19-10-24-11-30-19/h6-8,10-11,18,25H,3-5H2,1-2H3,(H,27,28)/t18-/m0/s1. The lowest BCUT2D eigenvalue weighted by Crippen LogP contribution is -2.21. The van der Waals surface area contributed by atoms with Gasteiger partial charge in [-0.2, -0.15) is 10.4 Å². The molecule has 1 aliphatic rings. The SMILES string of the molecule is COc1nc2c(c(C)c1C#N)CCC[C@@H]2Nc1ccc2[nH]nc(-c3cnco3)c2c1. The molecule has 0 spiro atoms. The van der Waals surface area contributed by atoms with Gasteiger partial charge in [-0.15, -0.1) is 0 Å². The Morgan fingerprint density at radius 2 is 2.27 bits per heavy atom. The lowest BCUT2D eigenvalue weighted by molar-refractivity contribution is 0.391. The first kappa shape index (κ1) is 18.2. The molecule has 0 unspecified atom stereocenters. The van der Waals surface area contributed by atoms with Gasteiger partial charge in [-0.3, -0.25) is 5.10 Å². The molecule has 3 aromatic heterocycles. The Balaban J connectivity index is 1.53. The number of anilines is 1. The summed E-state index contributed by atoms with van der Waals surface area (Å²) in [5, 5.41) is 21.5. The van der Waals surface area contributed by atoms with Crippen LogP contribution in [0.5, 0.6) is 5.88 Å². The number of hydrogen-bond acceptors (Lipinski definition) is 7. The van der Waals surface area contributed by atoms with E-state index in [-0.39, 0.29) is 6.04 Å². The van der Waals surface area contributed by atoms with Crippen molar-refractivity contribution in [3.05, 3.63) is 53.2 Å². The van der Waals surface area contributed by atoms with Gasteiger partial charge in [0.1, 0.15) is 17.3 Å². The summed E-state index contributed by atoms with van der Waals surface area (Å²) in [6.45, 7) is 1.98. The quantitative estimate of drug-likeness (QED) is 0.525. The Bertz CT molecular complexity index is 1270. The van der Waals surface area contributed by atoms with Crippen LogP contribution in [-0.2, 0) is 6.42 Å². The Morgan fingerprint density at radius 1 is 1.37 bits per heavy atom. The van der Waals surface area contributed by atoms with Crippen LogP contribution in [-0.4, -0.2) is 27.3 Å². The number of pyridine rings is 1. The number of fused-ring (bicyclic) bond motifs is 2. The van der Waals surface area contributed by atoms with Crippen molar-refractivity contribution in [3.8, 4) is 23.4 Å². The third-order valence-corrected chi connectivity index (χ3v) is 5.70. The van der Waals surface area contributed by atoms with Gasteiger partial charge in [0.05, 0.1) is 30.6 Å². The number of nitrogens with zero attached hydrogens (tertiary/aromatic N) is 4. The predicted molar refractivity (Wildman–Crippen MR) is 111 cm³/mol. The highest BCUT2D eigenvalue weighted by atomic mass is 16.5. The highest BCUT2D eigenvalue weighted by molar-refractivity contribution is 5.93. The summed E-state index contributed by atoms with van der Waals surface area (Å²) in [4.78, 5) is 8.69. The lowest BCUT2D eigenvalue weighted by atomic mass is 9.87. The van der Waals surface area contributed by atoms with E-state index in [1.165, 1.54) is 6.39 Å². The molecule has 30 heavy (non-hydrogen) atoms. The zero-order chi connectivity index (χ0) is 20.7. The number of nitriles is 1. The van der Waals surface area contributed by atoms with Crippen molar-refractivity contribution in [3.63, 3.8) is 0 Å². The minimum atomic E-state index is 0.0344. The maximum Gasteiger partial charge on any atom is 0.231 e. The molecule has 1 atom stereocenters. The van der Waals surface area contributed by atoms with Gasteiger partial charge in [-0.1, -0.05) is 0 Å². The summed E-state index contributed by atoms with van der Waals surface area (Å²) < 4.78 is 10.8. The third-order valence-electron chi connectivity index (χ3n) is 5.70. The van der Waals surface area contributed by atoms with Crippen LogP contribution in [0.25, 0.3) is 22.4 Å². The largest absolute Gasteiger partial charge is 0.480 e. The van der Waals surface area contributed by atoms with Gasteiger partial charge in [-0.05, 0) is 55.5 Å². The molecule has 4 aromatic rings. The molecule has 0 aliphatic heterocycles. The van der Waals surface area contributed by atoms with Gasteiger partial charge in [-0.25, -0.2) is 9.97 Å². The first-order valence-corrected chi connectivity index (χ1v) is 9.80.